The van der Waals surface area contributed by atoms with Crippen molar-refractivity contribution < 1.29 is 18.0 Å². The van der Waals surface area contributed by atoms with Crippen LogP contribution in [0.2, 0.25) is 4.34 Å². The summed E-state index contributed by atoms with van der Waals surface area (Å²) in [5.41, 5.74) is 1.72. The van der Waals surface area contributed by atoms with Crippen LogP contribution in [0.15, 0.2) is 40.6 Å². The summed E-state index contributed by atoms with van der Waals surface area (Å²) < 4.78 is 27.3. The molecule has 10 heteroatoms. The molecular formula is C22H28ClN3O4S2. The van der Waals surface area contributed by atoms with Crippen molar-refractivity contribution >= 4 is 44.8 Å². The van der Waals surface area contributed by atoms with Gasteiger partial charge in [0, 0.05) is 44.7 Å². The molecule has 3 rings (SSSR count). The van der Waals surface area contributed by atoms with Crippen LogP contribution in [0.25, 0.3) is 0 Å². The van der Waals surface area contributed by atoms with Crippen LogP contribution in [0.4, 0.5) is 0 Å². The zero-order chi connectivity index (χ0) is 23.5. The fraction of sp³-hybridized carbons (Fsp3) is 0.455. The standard InChI is InChI=1S/C22H28ClN3O4S2/c1-22(2,3)17-6-4-16(5-7-17)21(28)24-11-10-19(27)25-12-14-26(15-13-25)32(29,30)20-9-8-18(23)31-20/h4-9H,10-15H2,1-3H3,(H,24,28). The van der Waals surface area contributed by atoms with E-state index in [1.165, 1.54) is 10.4 Å². The van der Waals surface area contributed by atoms with Crippen LogP contribution in [-0.4, -0.2) is 62.2 Å². The van der Waals surface area contributed by atoms with E-state index >= 15 is 0 Å². The number of hydrogen-bond acceptors (Lipinski definition) is 5. The molecule has 32 heavy (non-hydrogen) atoms. The Morgan fingerprint density at radius 3 is 2.19 bits per heavy atom. The fourth-order valence-electron chi connectivity index (χ4n) is 3.41. The van der Waals surface area contributed by atoms with Gasteiger partial charge in [-0.1, -0.05) is 44.5 Å². The third kappa shape index (κ3) is 5.89. The van der Waals surface area contributed by atoms with Gasteiger partial charge in [0.2, 0.25) is 5.91 Å². The molecule has 1 aromatic carbocycles. The Balaban J connectivity index is 1.45. The van der Waals surface area contributed by atoms with Gasteiger partial charge >= 0.3 is 0 Å². The van der Waals surface area contributed by atoms with Gasteiger partial charge in [-0.3, -0.25) is 9.59 Å². The number of nitrogens with one attached hydrogen (secondary N) is 1. The Morgan fingerprint density at radius 1 is 1.03 bits per heavy atom. The van der Waals surface area contributed by atoms with E-state index in [1.807, 2.05) is 12.1 Å². The van der Waals surface area contributed by atoms with E-state index in [9.17, 15) is 18.0 Å². The highest BCUT2D eigenvalue weighted by Gasteiger charge is 2.31. The third-order valence-electron chi connectivity index (χ3n) is 5.37. The molecule has 1 saturated heterocycles. The molecule has 1 fully saturated rings. The summed E-state index contributed by atoms with van der Waals surface area (Å²) in [7, 11) is -3.59. The van der Waals surface area contributed by atoms with Crippen molar-refractivity contribution in [2.75, 3.05) is 32.7 Å². The van der Waals surface area contributed by atoms with E-state index in [2.05, 4.69) is 26.1 Å². The van der Waals surface area contributed by atoms with Crippen LogP contribution in [0.1, 0.15) is 43.1 Å². The van der Waals surface area contributed by atoms with Crippen molar-refractivity contribution in [1.82, 2.24) is 14.5 Å². The minimum Gasteiger partial charge on any atom is -0.352 e. The van der Waals surface area contributed by atoms with Crippen LogP contribution in [-0.2, 0) is 20.2 Å². The normalized spacial score (nSPS) is 15.6. The van der Waals surface area contributed by atoms with Gasteiger partial charge < -0.3 is 10.2 Å². The van der Waals surface area contributed by atoms with Crippen molar-refractivity contribution in [3.8, 4) is 0 Å². The molecule has 0 atom stereocenters. The lowest BCUT2D eigenvalue weighted by atomic mass is 9.87. The molecule has 0 unspecified atom stereocenters. The lowest BCUT2D eigenvalue weighted by Crippen LogP contribution is -2.50. The predicted octanol–water partition coefficient (Wildman–Crippen LogP) is 3.35. The smallest absolute Gasteiger partial charge is 0.252 e. The second-order valence-electron chi connectivity index (χ2n) is 8.68. The molecular weight excluding hydrogens is 470 g/mol. The number of sulfonamides is 1. The summed E-state index contributed by atoms with van der Waals surface area (Å²) in [5.74, 6) is -0.326. The second kappa shape index (κ2) is 9.91. The lowest BCUT2D eigenvalue weighted by molar-refractivity contribution is -0.132. The first kappa shape index (κ1) is 24.7. The topological polar surface area (TPSA) is 86.8 Å². The van der Waals surface area contributed by atoms with Gasteiger partial charge in [-0.15, -0.1) is 11.3 Å². The molecule has 0 spiro atoms. The minimum absolute atomic E-state index is 0.0155. The maximum atomic E-state index is 12.7. The Hall–Kier alpha value is -1.94. The molecule has 7 nitrogen and oxygen atoms in total. The van der Waals surface area contributed by atoms with Crippen molar-refractivity contribution in [1.29, 1.82) is 0 Å². The Morgan fingerprint density at radius 2 is 1.66 bits per heavy atom. The monoisotopic (exact) mass is 497 g/mol. The number of nitrogens with zero attached hydrogens (tertiary/aromatic N) is 2. The number of carbonyl (C=O) groups excluding carboxylic acids is 2. The average molecular weight is 498 g/mol. The Bertz CT molecular complexity index is 1070. The molecule has 0 bridgehead atoms. The van der Waals surface area contributed by atoms with Gasteiger partial charge in [0.15, 0.2) is 0 Å². The number of carbonyl (C=O) groups is 2. The molecule has 0 saturated carbocycles. The number of rotatable bonds is 6. The van der Waals surface area contributed by atoms with Crippen molar-refractivity contribution in [3.05, 3.63) is 51.9 Å². The quantitative estimate of drug-likeness (QED) is 0.663. The molecule has 2 amide bonds. The van der Waals surface area contributed by atoms with E-state index < -0.39 is 10.0 Å². The zero-order valence-electron chi connectivity index (χ0n) is 18.4. The summed E-state index contributed by atoms with van der Waals surface area (Å²) in [5, 5.41) is 2.78. The first-order valence-electron chi connectivity index (χ1n) is 10.4. The maximum Gasteiger partial charge on any atom is 0.252 e. The summed E-state index contributed by atoms with van der Waals surface area (Å²) in [6.07, 6.45) is 0.166. The van der Waals surface area contributed by atoms with E-state index in [-0.39, 0.29) is 47.5 Å². The van der Waals surface area contributed by atoms with E-state index in [1.54, 1.807) is 23.1 Å². The van der Waals surface area contributed by atoms with Gasteiger partial charge in [-0.2, -0.15) is 4.31 Å². The highest BCUT2D eigenvalue weighted by Crippen LogP contribution is 2.28. The molecule has 1 aromatic heterocycles. The molecule has 0 radical (unpaired) electrons. The Kier molecular flexibility index (Phi) is 7.65. The fourth-order valence-corrected chi connectivity index (χ4v) is 6.47. The molecule has 174 valence electrons. The first-order chi connectivity index (χ1) is 15.0. The Labute approximate surface area is 198 Å². The first-order valence-corrected chi connectivity index (χ1v) is 13.0. The van der Waals surface area contributed by atoms with Gasteiger partial charge in [0.05, 0.1) is 4.34 Å². The van der Waals surface area contributed by atoms with Gasteiger partial charge in [-0.25, -0.2) is 8.42 Å². The molecule has 1 aliphatic rings. The zero-order valence-corrected chi connectivity index (χ0v) is 20.8. The summed E-state index contributed by atoms with van der Waals surface area (Å²) >= 11 is 6.88. The third-order valence-corrected chi connectivity index (χ3v) is 8.97. The van der Waals surface area contributed by atoms with Crippen molar-refractivity contribution in [3.63, 3.8) is 0 Å². The predicted molar refractivity (Wildman–Crippen MR) is 127 cm³/mol. The van der Waals surface area contributed by atoms with Gasteiger partial charge in [0.25, 0.3) is 15.9 Å². The van der Waals surface area contributed by atoms with Crippen LogP contribution in [0.3, 0.4) is 0 Å². The van der Waals surface area contributed by atoms with E-state index in [4.69, 9.17) is 11.6 Å². The summed E-state index contributed by atoms with van der Waals surface area (Å²) in [6, 6.07) is 10.5. The van der Waals surface area contributed by atoms with Crippen LogP contribution >= 0.6 is 22.9 Å². The number of amides is 2. The number of benzene rings is 1. The van der Waals surface area contributed by atoms with Crippen LogP contribution in [0, 0.1) is 0 Å². The van der Waals surface area contributed by atoms with Crippen molar-refractivity contribution in [2.24, 2.45) is 0 Å². The van der Waals surface area contributed by atoms with Gasteiger partial charge in [-0.05, 0) is 35.2 Å². The SMILES string of the molecule is CC(C)(C)c1ccc(C(=O)NCCC(=O)N2CCN(S(=O)(=O)c3ccc(Cl)s3)CC2)cc1. The lowest BCUT2D eigenvalue weighted by Gasteiger charge is -2.33. The second-order valence-corrected chi connectivity index (χ2v) is 12.6. The highest BCUT2D eigenvalue weighted by molar-refractivity contribution is 7.91. The number of piperazine rings is 1. The summed E-state index contributed by atoms with van der Waals surface area (Å²) in [4.78, 5) is 26.5. The molecule has 2 aromatic rings. The number of halogens is 1. The summed E-state index contributed by atoms with van der Waals surface area (Å²) in [6.45, 7) is 7.66. The van der Waals surface area contributed by atoms with Crippen molar-refractivity contribution in [2.45, 2.75) is 36.8 Å². The van der Waals surface area contributed by atoms with Gasteiger partial charge in [0.1, 0.15) is 4.21 Å². The maximum absolute atomic E-state index is 12.7. The molecule has 0 aliphatic carbocycles. The average Bonchev–Trinajstić information content (AvgIpc) is 3.20. The molecule has 2 heterocycles. The highest BCUT2D eigenvalue weighted by atomic mass is 35.5. The van der Waals surface area contributed by atoms with Crippen LogP contribution in [0.5, 0.6) is 0 Å². The number of thiophene rings is 1. The largest absolute Gasteiger partial charge is 0.352 e. The molecule has 1 N–H and O–H groups in total. The van der Waals surface area contributed by atoms with Crippen LogP contribution < -0.4 is 5.32 Å². The minimum atomic E-state index is -3.59. The van der Waals surface area contributed by atoms with E-state index in [0.717, 1.165) is 16.9 Å². The van der Waals surface area contributed by atoms with E-state index in [0.29, 0.717) is 23.0 Å². The number of hydrogen-bond donors (Lipinski definition) is 1. The molecule has 1 aliphatic heterocycles.